The van der Waals surface area contributed by atoms with Crippen LogP contribution in [0.25, 0.3) is 11.1 Å². The fourth-order valence-electron chi connectivity index (χ4n) is 3.31. The first-order chi connectivity index (χ1) is 16.2. The van der Waals surface area contributed by atoms with E-state index in [1.807, 2.05) is 48.5 Å². The number of methoxy groups -OCH3 is 1. The Balaban J connectivity index is 1.62. The van der Waals surface area contributed by atoms with E-state index in [-0.39, 0.29) is 5.91 Å². The highest BCUT2D eigenvalue weighted by Crippen LogP contribution is 2.26. The number of benzene rings is 3. The maximum atomic E-state index is 12.6. The minimum Gasteiger partial charge on any atom is -0.496 e. The van der Waals surface area contributed by atoms with Crippen LogP contribution in [0.3, 0.4) is 0 Å². The van der Waals surface area contributed by atoms with Crippen LogP contribution in [0, 0.1) is 0 Å². The van der Waals surface area contributed by atoms with Gasteiger partial charge in [-0.3, -0.25) is 4.79 Å². The molecule has 1 amide bonds. The van der Waals surface area contributed by atoms with E-state index in [2.05, 4.69) is 5.32 Å². The minimum atomic E-state index is -1.07. The largest absolute Gasteiger partial charge is 0.496 e. The topological polar surface area (TPSA) is 73.9 Å². The van der Waals surface area contributed by atoms with Crippen LogP contribution in [0.1, 0.15) is 36.7 Å². The van der Waals surface area contributed by atoms with Gasteiger partial charge in [0.2, 0.25) is 0 Å². The van der Waals surface area contributed by atoms with Gasteiger partial charge in [-0.25, -0.2) is 4.79 Å². The summed E-state index contributed by atoms with van der Waals surface area (Å²) in [5.74, 6) is 0.383. The van der Waals surface area contributed by atoms with Gasteiger partial charge in [0.05, 0.1) is 19.3 Å². The van der Waals surface area contributed by atoms with Crippen molar-refractivity contribution in [2.75, 3.05) is 13.7 Å². The second-order valence-corrected chi connectivity index (χ2v) is 8.52. The number of hydrogen-bond acceptors (Lipinski definition) is 5. The fourth-order valence-corrected chi connectivity index (χ4v) is 3.48. The summed E-state index contributed by atoms with van der Waals surface area (Å²) in [5.41, 5.74) is 2.29. The smallest absolute Gasteiger partial charge is 0.349 e. The van der Waals surface area contributed by atoms with Crippen LogP contribution in [0.4, 0.5) is 0 Å². The Hall–Kier alpha value is -3.51. The molecule has 0 spiro atoms. The molecule has 0 atom stereocenters. The van der Waals surface area contributed by atoms with E-state index < -0.39 is 11.6 Å². The van der Waals surface area contributed by atoms with E-state index in [4.69, 9.17) is 25.8 Å². The Morgan fingerprint density at radius 1 is 0.941 bits per heavy atom. The van der Waals surface area contributed by atoms with Crippen LogP contribution < -0.4 is 14.8 Å². The first kappa shape index (κ1) is 25.1. The summed E-state index contributed by atoms with van der Waals surface area (Å²) < 4.78 is 16.1. The molecule has 0 bridgehead atoms. The fraction of sp³-hybridized carbons (Fsp3) is 0.259. The molecule has 3 aromatic carbocycles. The number of esters is 1. The zero-order valence-corrected chi connectivity index (χ0v) is 20.4. The van der Waals surface area contributed by atoms with Crippen molar-refractivity contribution in [3.63, 3.8) is 0 Å². The summed E-state index contributed by atoms with van der Waals surface area (Å²) in [4.78, 5) is 24.6. The predicted molar refractivity (Wildman–Crippen MR) is 132 cm³/mol. The molecule has 0 heterocycles. The molecule has 0 aromatic heterocycles. The Morgan fingerprint density at radius 3 is 2.15 bits per heavy atom. The number of halogens is 1. The maximum absolute atomic E-state index is 12.6. The van der Waals surface area contributed by atoms with Gasteiger partial charge in [0.15, 0.2) is 5.60 Å². The van der Waals surface area contributed by atoms with Crippen molar-refractivity contribution in [2.45, 2.75) is 32.9 Å². The van der Waals surface area contributed by atoms with Crippen molar-refractivity contribution in [3.05, 3.63) is 82.9 Å². The van der Waals surface area contributed by atoms with E-state index >= 15 is 0 Å². The monoisotopic (exact) mass is 481 g/mol. The van der Waals surface area contributed by atoms with Gasteiger partial charge in [-0.2, -0.15) is 0 Å². The third kappa shape index (κ3) is 6.29. The third-order valence-corrected chi connectivity index (χ3v) is 5.38. The second kappa shape index (κ2) is 11.1. The molecule has 6 nitrogen and oxygen atoms in total. The van der Waals surface area contributed by atoms with Gasteiger partial charge in [0.1, 0.15) is 11.5 Å². The Kier molecular flexibility index (Phi) is 8.18. The number of carbonyl (C=O) groups is 2. The molecule has 1 N–H and O–H groups in total. The number of carbonyl (C=O) groups excluding carboxylic acids is 2. The number of hydrogen-bond donors (Lipinski definition) is 1. The maximum Gasteiger partial charge on any atom is 0.349 e. The first-order valence-electron chi connectivity index (χ1n) is 10.9. The van der Waals surface area contributed by atoms with Gasteiger partial charge in [0, 0.05) is 11.6 Å². The third-order valence-electron chi connectivity index (χ3n) is 5.14. The summed E-state index contributed by atoms with van der Waals surface area (Å²) in [5, 5.41) is 3.36. The molecular weight excluding hydrogens is 454 g/mol. The average molecular weight is 482 g/mol. The van der Waals surface area contributed by atoms with Crippen LogP contribution in [0.15, 0.2) is 66.7 Å². The van der Waals surface area contributed by atoms with Crippen molar-refractivity contribution in [1.82, 2.24) is 5.32 Å². The van der Waals surface area contributed by atoms with Crippen LogP contribution in [0.5, 0.6) is 11.5 Å². The van der Waals surface area contributed by atoms with E-state index in [0.29, 0.717) is 35.2 Å². The van der Waals surface area contributed by atoms with Gasteiger partial charge in [-0.1, -0.05) is 48.0 Å². The molecular formula is C27H28ClNO5. The standard InChI is InChI=1S/C27H28ClNO5/c1-5-33-26(31)27(2,3)34-22-13-10-20(11-14-22)19-8-6-18(7-9-19)17-29-25(30)23-16-21(28)12-15-24(23)32-4/h6-16H,5,17H2,1-4H3,(H,29,30). The lowest BCUT2D eigenvalue weighted by molar-refractivity contribution is -0.158. The number of amides is 1. The molecule has 0 aliphatic carbocycles. The molecule has 0 unspecified atom stereocenters. The van der Waals surface area contributed by atoms with Crippen LogP contribution in [0.2, 0.25) is 5.02 Å². The molecule has 0 aliphatic rings. The molecule has 3 rings (SSSR count). The average Bonchev–Trinajstić information content (AvgIpc) is 2.83. The Morgan fingerprint density at radius 2 is 1.56 bits per heavy atom. The second-order valence-electron chi connectivity index (χ2n) is 8.08. The molecule has 0 aliphatic heterocycles. The van der Waals surface area contributed by atoms with Gasteiger partial charge >= 0.3 is 5.97 Å². The van der Waals surface area contributed by atoms with E-state index in [1.54, 1.807) is 39.0 Å². The molecule has 0 saturated carbocycles. The predicted octanol–water partition coefficient (Wildman–Crippen LogP) is 5.67. The van der Waals surface area contributed by atoms with Crippen molar-refractivity contribution >= 4 is 23.5 Å². The number of rotatable bonds is 9. The van der Waals surface area contributed by atoms with Crippen LogP contribution in [-0.4, -0.2) is 31.2 Å². The Bertz CT molecular complexity index is 1140. The van der Waals surface area contributed by atoms with Crippen molar-refractivity contribution < 1.29 is 23.8 Å². The van der Waals surface area contributed by atoms with Gasteiger partial charge in [-0.05, 0) is 67.8 Å². The summed E-state index contributed by atoms with van der Waals surface area (Å²) in [6.07, 6.45) is 0. The molecule has 178 valence electrons. The lowest BCUT2D eigenvalue weighted by Gasteiger charge is -2.24. The highest BCUT2D eigenvalue weighted by atomic mass is 35.5. The number of nitrogens with one attached hydrogen (secondary N) is 1. The zero-order valence-electron chi connectivity index (χ0n) is 19.7. The van der Waals surface area contributed by atoms with E-state index in [1.165, 1.54) is 7.11 Å². The van der Waals surface area contributed by atoms with E-state index in [9.17, 15) is 9.59 Å². The minimum absolute atomic E-state index is 0.259. The first-order valence-corrected chi connectivity index (χ1v) is 11.3. The molecule has 0 radical (unpaired) electrons. The lowest BCUT2D eigenvalue weighted by atomic mass is 10.0. The molecule has 0 saturated heterocycles. The van der Waals surface area contributed by atoms with Crippen LogP contribution >= 0.6 is 11.6 Å². The van der Waals surface area contributed by atoms with Crippen LogP contribution in [-0.2, 0) is 16.1 Å². The zero-order chi connectivity index (χ0) is 24.7. The highest BCUT2D eigenvalue weighted by Gasteiger charge is 2.31. The van der Waals surface area contributed by atoms with E-state index in [0.717, 1.165) is 16.7 Å². The normalized spacial score (nSPS) is 11.0. The van der Waals surface area contributed by atoms with Gasteiger partial charge in [-0.15, -0.1) is 0 Å². The number of ether oxygens (including phenoxy) is 3. The van der Waals surface area contributed by atoms with Crippen molar-refractivity contribution in [1.29, 1.82) is 0 Å². The molecule has 7 heteroatoms. The van der Waals surface area contributed by atoms with Gasteiger partial charge < -0.3 is 19.5 Å². The summed E-state index contributed by atoms with van der Waals surface area (Å²) in [7, 11) is 1.51. The van der Waals surface area contributed by atoms with Crippen molar-refractivity contribution in [3.8, 4) is 22.6 Å². The van der Waals surface area contributed by atoms with Crippen molar-refractivity contribution in [2.24, 2.45) is 0 Å². The SMILES string of the molecule is CCOC(=O)C(C)(C)Oc1ccc(-c2ccc(CNC(=O)c3cc(Cl)ccc3OC)cc2)cc1. The molecule has 0 fully saturated rings. The summed E-state index contributed by atoms with van der Waals surface area (Å²) >= 11 is 6.01. The lowest BCUT2D eigenvalue weighted by Crippen LogP contribution is -2.39. The summed E-state index contributed by atoms with van der Waals surface area (Å²) in [6.45, 7) is 5.79. The van der Waals surface area contributed by atoms with Gasteiger partial charge in [0.25, 0.3) is 5.91 Å². The highest BCUT2D eigenvalue weighted by molar-refractivity contribution is 6.31. The quantitative estimate of drug-likeness (QED) is 0.399. The molecule has 34 heavy (non-hydrogen) atoms. The summed E-state index contributed by atoms with van der Waals surface area (Å²) in [6, 6.07) is 20.3. The Labute approximate surface area is 204 Å². The molecule has 3 aromatic rings.